The van der Waals surface area contributed by atoms with E-state index < -0.39 is 29.8 Å². The van der Waals surface area contributed by atoms with Gasteiger partial charge < -0.3 is 10.4 Å². The Balaban J connectivity index is 4.26. The van der Waals surface area contributed by atoms with Crippen LogP contribution in [0.3, 0.4) is 0 Å². The molecule has 76 valence electrons. The van der Waals surface area contributed by atoms with Crippen LogP contribution in [0.5, 0.6) is 0 Å². The molecule has 0 spiro atoms. The quantitative estimate of drug-likeness (QED) is 0.585. The predicted molar refractivity (Wildman–Crippen MR) is 39.5 cm³/mol. The van der Waals surface area contributed by atoms with Crippen molar-refractivity contribution in [3.8, 4) is 0 Å². The lowest BCUT2D eigenvalue weighted by Gasteiger charge is -2.12. The van der Waals surface area contributed by atoms with Gasteiger partial charge >= 0.3 is 18.1 Å². The summed E-state index contributed by atoms with van der Waals surface area (Å²) in [5, 5.41) is 9.52. The molecule has 13 heavy (non-hydrogen) atoms. The second-order valence-corrected chi connectivity index (χ2v) is 2.41. The van der Waals surface area contributed by atoms with Gasteiger partial charge in [0, 0.05) is 5.75 Å². The van der Waals surface area contributed by atoms with E-state index in [1.165, 1.54) is 5.32 Å². The lowest BCUT2D eigenvalue weighted by atomic mass is 10.3. The van der Waals surface area contributed by atoms with Gasteiger partial charge in [-0.3, -0.25) is 4.79 Å². The first-order valence-electron chi connectivity index (χ1n) is 3.00. The van der Waals surface area contributed by atoms with E-state index in [4.69, 9.17) is 5.11 Å². The summed E-state index contributed by atoms with van der Waals surface area (Å²) in [5.41, 5.74) is 0. The summed E-state index contributed by atoms with van der Waals surface area (Å²) in [5.74, 6) is -4.25. The summed E-state index contributed by atoms with van der Waals surface area (Å²) in [6, 6.07) is -1.63. The molecular formula is C5H6F3NO3S. The number of nitrogens with one attached hydrogen (secondary N) is 1. The molecule has 1 atom stereocenters. The third kappa shape index (κ3) is 4.02. The average Bonchev–Trinajstić information content (AvgIpc) is 1.96. The molecule has 0 saturated heterocycles. The van der Waals surface area contributed by atoms with Gasteiger partial charge in [-0.25, -0.2) is 4.79 Å². The number of aliphatic carboxylic acids is 1. The van der Waals surface area contributed by atoms with Crippen LogP contribution in [-0.2, 0) is 9.59 Å². The van der Waals surface area contributed by atoms with Crippen molar-refractivity contribution in [3.05, 3.63) is 0 Å². The molecule has 0 aliphatic carbocycles. The number of halogens is 3. The molecule has 0 aromatic heterocycles. The molecule has 0 saturated carbocycles. The zero-order valence-corrected chi connectivity index (χ0v) is 7.02. The van der Waals surface area contributed by atoms with E-state index >= 15 is 0 Å². The van der Waals surface area contributed by atoms with Gasteiger partial charge in [-0.2, -0.15) is 25.8 Å². The maximum Gasteiger partial charge on any atom is 0.471 e. The predicted octanol–water partition coefficient (Wildman–Crippen LogP) is 0.0479. The molecule has 1 amide bonds. The van der Waals surface area contributed by atoms with Gasteiger partial charge in [0.05, 0.1) is 0 Å². The zero-order chi connectivity index (χ0) is 10.6. The Labute approximate surface area is 76.5 Å². The second kappa shape index (κ2) is 4.35. The molecule has 0 fully saturated rings. The molecule has 0 heterocycles. The number of carbonyl (C=O) groups is 2. The highest BCUT2D eigenvalue weighted by molar-refractivity contribution is 7.80. The van der Waals surface area contributed by atoms with Gasteiger partial charge in [-0.15, -0.1) is 0 Å². The van der Waals surface area contributed by atoms with E-state index in [0.717, 1.165) is 0 Å². The molecule has 0 aromatic carbocycles. The maximum atomic E-state index is 11.6. The van der Waals surface area contributed by atoms with Crippen LogP contribution in [0.2, 0.25) is 0 Å². The van der Waals surface area contributed by atoms with Crippen LogP contribution in [0.15, 0.2) is 0 Å². The summed E-state index contributed by atoms with van der Waals surface area (Å²) in [4.78, 5) is 20.4. The van der Waals surface area contributed by atoms with Crippen molar-refractivity contribution in [1.82, 2.24) is 5.32 Å². The summed E-state index contributed by atoms with van der Waals surface area (Å²) in [6.45, 7) is 0. The van der Waals surface area contributed by atoms with Crippen LogP contribution < -0.4 is 5.32 Å². The molecular weight excluding hydrogens is 211 g/mol. The Hall–Kier alpha value is -0.920. The first-order valence-corrected chi connectivity index (χ1v) is 3.63. The fourth-order valence-electron chi connectivity index (χ4n) is 0.426. The second-order valence-electron chi connectivity index (χ2n) is 2.04. The Morgan fingerprint density at radius 3 is 2.15 bits per heavy atom. The van der Waals surface area contributed by atoms with Crippen LogP contribution >= 0.6 is 12.6 Å². The number of hydrogen-bond donors (Lipinski definition) is 3. The number of amides is 1. The smallest absolute Gasteiger partial charge is 0.471 e. The van der Waals surface area contributed by atoms with E-state index in [-0.39, 0.29) is 0 Å². The van der Waals surface area contributed by atoms with E-state index in [1.54, 1.807) is 0 Å². The number of carboxylic acid groups (broad SMARTS) is 1. The summed E-state index contributed by atoms with van der Waals surface area (Å²) >= 11 is 3.46. The molecule has 0 bridgehead atoms. The Kier molecular flexibility index (Phi) is 4.05. The molecule has 0 radical (unpaired) electrons. The summed E-state index contributed by atoms with van der Waals surface area (Å²) in [7, 11) is 0. The lowest BCUT2D eigenvalue weighted by molar-refractivity contribution is -0.175. The zero-order valence-electron chi connectivity index (χ0n) is 6.13. The van der Waals surface area contributed by atoms with Gasteiger partial charge in [0.1, 0.15) is 6.04 Å². The lowest BCUT2D eigenvalue weighted by Crippen LogP contribution is -2.47. The normalized spacial score (nSPS) is 13.5. The van der Waals surface area contributed by atoms with Gasteiger partial charge in [0.25, 0.3) is 0 Å². The molecule has 0 aliphatic heterocycles. The highest BCUT2D eigenvalue weighted by Crippen LogP contribution is 2.14. The van der Waals surface area contributed by atoms with Gasteiger partial charge in [-0.05, 0) is 0 Å². The molecule has 0 rings (SSSR count). The van der Waals surface area contributed by atoms with Crippen molar-refractivity contribution < 1.29 is 27.9 Å². The minimum Gasteiger partial charge on any atom is -0.480 e. The highest BCUT2D eigenvalue weighted by Gasteiger charge is 2.40. The highest BCUT2D eigenvalue weighted by atomic mass is 32.1. The van der Waals surface area contributed by atoms with Gasteiger partial charge in [0.2, 0.25) is 0 Å². The van der Waals surface area contributed by atoms with Crippen molar-refractivity contribution >= 4 is 24.5 Å². The summed E-state index contributed by atoms with van der Waals surface area (Å²) in [6.07, 6.45) is -5.07. The number of carbonyl (C=O) groups excluding carboxylic acids is 1. The largest absolute Gasteiger partial charge is 0.480 e. The van der Waals surface area contributed by atoms with Crippen LogP contribution in [0.1, 0.15) is 0 Å². The number of rotatable bonds is 3. The van der Waals surface area contributed by atoms with Crippen LogP contribution in [0.25, 0.3) is 0 Å². The van der Waals surface area contributed by atoms with Crippen molar-refractivity contribution in [2.24, 2.45) is 0 Å². The fourth-order valence-corrected chi connectivity index (χ4v) is 0.673. The Bertz CT molecular complexity index is 218. The van der Waals surface area contributed by atoms with Crippen LogP contribution in [0.4, 0.5) is 13.2 Å². The van der Waals surface area contributed by atoms with Gasteiger partial charge in [-0.1, -0.05) is 0 Å². The molecule has 0 aromatic rings. The molecule has 1 unspecified atom stereocenters. The van der Waals surface area contributed by atoms with Crippen LogP contribution in [0, 0.1) is 0 Å². The first-order chi connectivity index (χ1) is 5.79. The van der Waals surface area contributed by atoms with Crippen molar-refractivity contribution in [1.29, 1.82) is 0 Å². The van der Waals surface area contributed by atoms with Crippen molar-refractivity contribution in [2.75, 3.05) is 5.75 Å². The maximum absolute atomic E-state index is 11.6. The number of alkyl halides is 3. The SMILES string of the molecule is O=C(O)C(CS)NC(=O)C(F)(F)F. The van der Waals surface area contributed by atoms with Crippen molar-refractivity contribution in [2.45, 2.75) is 12.2 Å². The Morgan fingerprint density at radius 2 is 1.92 bits per heavy atom. The fraction of sp³-hybridized carbons (Fsp3) is 0.600. The van der Waals surface area contributed by atoms with Crippen LogP contribution in [-0.4, -0.2) is 35.0 Å². The monoisotopic (exact) mass is 217 g/mol. The summed E-state index contributed by atoms with van der Waals surface area (Å²) < 4.78 is 34.7. The molecule has 0 aliphatic rings. The number of thiol groups is 1. The average molecular weight is 217 g/mol. The van der Waals surface area contributed by atoms with E-state index in [0.29, 0.717) is 0 Å². The van der Waals surface area contributed by atoms with E-state index in [2.05, 4.69) is 12.6 Å². The third-order valence-electron chi connectivity index (χ3n) is 1.04. The van der Waals surface area contributed by atoms with Crippen molar-refractivity contribution in [3.63, 3.8) is 0 Å². The third-order valence-corrected chi connectivity index (χ3v) is 1.41. The first kappa shape index (κ1) is 12.1. The molecule has 2 N–H and O–H groups in total. The molecule has 8 heteroatoms. The number of carboxylic acids is 1. The number of hydrogen-bond acceptors (Lipinski definition) is 3. The standard InChI is InChI=1S/C5H6F3NO3S/c6-5(7,8)4(12)9-2(1-13)3(10)11/h2,13H,1H2,(H,9,12)(H,10,11). The van der Waals surface area contributed by atoms with Gasteiger partial charge in [0.15, 0.2) is 0 Å². The Morgan fingerprint density at radius 1 is 1.46 bits per heavy atom. The van der Waals surface area contributed by atoms with E-state index in [9.17, 15) is 22.8 Å². The van der Waals surface area contributed by atoms with E-state index in [1.807, 2.05) is 0 Å². The topological polar surface area (TPSA) is 66.4 Å². The minimum atomic E-state index is -5.07. The molecule has 4 nitrogen and oxygen atoms in total. The minimum absolute atomic E-state index is 0.406.